The van der Waals surface area contributed by atoms with E-state index in [0.29, 0.717) is 18.0 Å². The summed E-state index contributed by atoms with van der Waals surface area (Å²) in [7, 11) is 0. The number of aromatic nitrogens is 3. The maximum Gasteiger partial charge on any atom is 0.292 e. The molecule has 0 saturated carbocycles. The Morgan fingerprint density at radius 3 is 2.81 bits per heavy atom. The van der Waals surface area contributed by atoms with Crippen LogP contribution in [0.2, 0.25) is 0 Å². The van der Waals surface area contributed by atoms with Crippen LogP contribution in [0.25, 0.3) is 0 Å². The Balaban J connectivity index is 1.56. The highest BCUT2D eigenvalue weighted by molar-refractivity contribution is 5.92. The molecule has 26 heavy (non-hydrogen) atoms. The molecule has 1 saturated heterocycles. The van der Waals surface area contributed by atoms with Crippen LogP contribution in [0.4, 0.5) is 0 Å². The zero-order chi connectivity index (χ0) is 18.1. The molecule has 0 unspecified atom stereocenters. The fraction of sp³-hybridized carbons (Fsp3) is 0.632. The number of hydrogen-bond donors (Lipinski definition) is 0. The quantitative estimate of drug-likeness (QED) is 0.843. The van der Waals surface area contributed by atoms with Gasteiger partial charge in [0.1, 0.15) is 0 Å². The van der Waals surface area contributed by atoms with Crippen LogP contribution in [0.3, 0.4) is 0 Å². The molecular formula is C19H27N5O2. The van der Waals surface area contributed by atoms with Gasteiger partial charge in [0.25, 0.3) is 5.91 Å². The molecule has 2 aromatic heterocycles. The molecule has 0 aliphatic carbocycles. The van der Waals surface area contributed by atoms with Crippen molar-refractivity contribution in [2.75, 3.05) is 19.6 Å². The third kappa shape index (κ3) is 3.40. The van der Waals surface area contributed by atoms with Gasteiger partial charge in [-0.15, -0.1) is 0 Å². The van der Waals surface area contributed by atoms with Crippen molar-refractivity contribution in [2.45, 2.75) is 52.2 Å². The van der Waals surface area contributed by atoms with E-state index in [-0.39, 0.29) is 11.9 Å². The van der Waals surface area contributed by atoms with Gasteiger partial charge < -0.3 is 14.2 Å². The van der Waals surface area contributed by atoms with Gasteiger partial charge in [-0.2, -0.15) is 5.10 Å². The van der Waals surface area contributed by atoms with Crippen LogP contribution in [0.1, 0.15) is 48.1 Å². The monoisotopic (exact) mass is 357 g/mol. The average Bonchev–Trinajstić information content (AvgIpc) is 3.23. The lowest BCUT2D eigenvalue weighted by atomic mass is 9.98. The molecular weight excluding hydrogens is 330 g/mol. The zero-order valence-corrected chi connectivity index (χ0v) is 15.6. The van der Waals surface area contributed by atoms with Crippen molar-refractivity contribution in [3.63, 3.8) is 0 Å². The average molecular weight is 357 g/mol. The summed E-state index contributed by atoms with van der Waals surface area (Å²) in [5.41, 5.74) is 1.73. The number of aryl methyl sites for hydroxylation is 2. The second-order valence-corrected chi connectivity index (χ2v) is 7.67. The highest BCUT2D eigenvalue weighted by Gasteiger charge is 2.33. The molecule has 140 valence electrons. The number of likely N-dealkylation sites (tertiary alicyclic amines) is 1. The maximum absolute atomic E-state index is 13.2. The predicted octanol–water partition coefficient (Wildman–Crippen LogP) is 2.33. The Kier molecular flexibility index (Phi) is 4.80. The molecule has 4 heterocycles. The van der Waals surface area contributed by atoms with E-state index in [1.807, 2.05) is 28.8 Å². The van der Waals surface area contributed by atoms with E-state index in [0.717, 1.165) is 44.2 Å². The molecule has 2 aliphatic rings. The van der Waals surface area contributed by atoms with E-state index < -0.39 is 0 Å². The van der Waals surface area contributed by atoms with Crippen LogP contribution >= 0.6 is 0 Å². The summed E-state index contributed by atoms with van der Waals surface area (Å²) in [6.07, 6.45) is 6.54. The highest BCUT2D eigenvalue weighted by Crippen LogP contribution is 2.24. The van der Waals surface area contributed by atoms with Gasteiger partial charge in [0, 0.05) is 25.3 Å². The summed E-state index contributed by atoms with van der Waals surface area (Å²) >= 11 is 0. The number of rotatable bonds is 3. The largest absolute Gasteiger partial charge is 0.438 e. The number of carbonyl (C=O) groups excluding carboxylic acids is 1. The first-order chi connectivity index (χ1) is 12.6. The zero-order valence-electron chi connectivity index (χ0n) is 15.6. The number of amides is 1. The molecule has 0 N–H and O–H groups in total. The van der Waals surface area contributed by atoms with Crippen LogP contribution < -0.4 is 0 Å². The third-order valence-electron chi connectivity index (χ3n) is 5.80. The molecule has 7 nitrogen and oxygen atoms in total. The molecule has 1 atom stereocenters. The van der Waals surface area contributed by atoms with Crippen LogP contribution in [0.5, 0.6) is 0 Å². The van der Waals surface area contributed by atoms with Gasteiger partial charge in [0.05, 0.1) is 17.9 Å². The first-order valence-corrected chi connectivity index (χ1v) is 9.56. The summed E-state index contributed by atoms with van der Waals surface area (Å²) < 4.78 is 7.42. The van der Waals surface area contributed by atoms with Gasteiger partial charge in [-0.25, -0.2) is 4.98 Å². The lowest BCUT2D eigenvalue weighted by Gasteiger charge is -2.36. The van der Waals surface area contributed by atoms with Crippen molar-refractivity contribution >= 4 is 5.91 Å². The SMILES string of the molecule is Cc1ncoc1C(=O)N1Cc2ccnn2CC[C@H]1CN1CCC(C)CC1. The van der Waals surface area contributed by atoms with Crippen molar-refractivity contribution in [2.24, 2.45) is 5.92 Å². The molecule has 0 bridgehead atoms. The molecule has 0 aromatic carbocycles. The van der Waals surface area contributed by atoms with Crippen LogP contribution in [0.15, 0.2) is 23.1 Å². The normalized spacial score (nSPS) is 22.2. The van der Waals surface area contributed by atoms with Gasteiger partial charge in [-0.1, -0.05) is 6.92 Å². The van der Waals surface area contributed by atoms with Crippen molar-refractivity contribution in [3.05, 3.63) is 35.8 Å². The standard InChI is InChI=1S/C19H27N5O2/c1-14-4-8-22(9-5-14)11-16-6-10-24-17(3-7-21-24)12-23(16)19(25)18-15(2)20-13-26-18/h3,7,13-14,16H,4-6,8-12H2,1-2H3/t16-/m0/s1. The Morgan fingerprint density at radius 2 is 2.08 bits per heavy atom. The fourth-order valence-corrected chi connectivity index (χ4v) is 4.03. The number of carbonyl (C=O) groups is 1. The summed E-state index contributed by atoms with van der Waals surface area (Å²) in [6, 6.07) is 2.15. The van der Waals surface area contributed by atoms with Crippen LogP contribution in [0, 0.1) is 12.8 Å². The van der Waals surface area contributed by atoms with E-state index in [1.165, 1.54) is 19.2 Å². The molecule has 0 spiro atoms. The van der Waals surface area contributed by atoms with Gasteiger partial charge >= 0.3 is 0 Å². The fourth-order valence-electron chi connectivity index (χ4n) is 4.03. The molecule has 1 fully saturated rings. The smallest absolute Gasteiger partial charge is 0.292 e. The van der Waals surface area contributed by atoms with Crippen molar-refractivity contribution in [3.8, 4) is 0 Å². The minimum Gasteiger partial charge on any atom is -0.438 e. The van der Waals surface area contributed by atoms with Gasteiger partial charge in [0.2, 0.25) is 5.76 Å². The van der Waals surface area contributed by atoms with Crippen LogP contribution in [-0.2, 0) is 13.1 Å². The summed E-state index contributed by atoms with van der Waals surface area (Å²) in [6.45, 7) is 8.70. The van der Waals surface area contributed by atoms with E-state index in [1.54, 1.807) is 0 Å². The first kappa shape index (κ1) is 17.3. The Labute approximate surface area is 154 Å². The van der Waals surface area contributed by atoms with Crippen molar-refractivity contribution < 1.29 is 9.21 Å². The molecule has 1 amide bonds. The Hall–Kier alpha value is -2.15. The van der Waals surface area contributed by atoms with Gasteiger partial charge in [0.15, 0.2) is 6.39 Å². The second kappa shape index (κ2) is 7.23. The maximum atomic E-state index is 13.2. The molecule has 2 aliphatic heterocycles. The third-order valence-corrected chi connectivity index (χ3v) is 5.80. The highest BCUT2D eigenvalue weighted by atomic mass is 16.3. The Bertz CT molecular complexity index is 760. The number of fused-ring (bicyclic) bond motifs is 1. The minimum atomic E-state index is -0.0648. The van der Waals surface area contributed by atoms with E-state index in [2.05, 4.69) is 21.9 Å². The summed E-state index contributed by atoms with van der Waals surface area (Å²) in [5, 5.41) is 4.41. The lowest BCUT2D eigenvalue weighted by Crippen LogP contribution is -2.48. The van der Waals surface area contributed by atoms with E-state index in [4.69, 9.17) is 4.42 Å². The molecule has 0 radical (unpaired) electrons. The van der Waals surface area contributed by atoms with Crippen molar-refractivity contribution in [1.82, 2.24) is 24.6 Å². The Morgan fingerprint density at radius 1 is 1.27 bits per heavy atom. The molecule has 2 aromatic rings. The van der Waals surface area contributed by atoms with E-state index in [9.17, 15) is 4.79 Å². The second-order valence-electron chi connectivity index (χ2n) is 7.67. The predicted molar refractivity (Wildman–Crippen MR) is 96.6 cm³/mol. The number of nitrogens with zero attached hydrogens (tertiary/aromatic N) is 5. The summed E-state index contributed by atoms with van der Waals surface area (Å²) in [4.78, 5) is 21.8. The molecule has 4 rings (SSSR count). The number of oxazole rings is 1. The number of piperidine rings is 1. The van der Waals surface area contributed by atoms with Crippen LogP contribution in [-0.4, -0.2) is 56.1 Å². The lowest BCUT2D eigenvalue weighted by molar-refractivity contribution is 0.0544. The summed E-state index contributed by atoms with van der Waals surface area (Å²) in [5.74, 6) is 1.10. The van der Waals surface area contributed by atoms with Crippen molar-refractivity contribution in [1.29, 1.82) is 0 Å². The first-order valence-electron chi connectivity index (χ1n) is 9.56. The molecule has 7 heteroatoms. The van der Waals surface area contributed by atoms with E-state index >= 15 is 0 Å². The van der Waals surface area contributed by atoms with Gasteiger partial charge in [-0.05, 0) is 51.3 Å². The minimum absolute atomic E-state index is 0.0648. The topological polar surface area (TPSA) is 67.4 Å². The van der Waals surface area contributed by atoms with Gasteiger partial charge in [-0.3, -0.25) is 9.48 Å². The number of hydrogen-bond acceptors (Lipinski definition) is 5.